The summed E-state index contributed by atoms with van der Waals surface area (Å²) in [6.45, 7) is 2.29. The van der Waals surface area contributed by atoms with Crippen molar-refractivity contribution < 1.29 is 14.3 Å². The van der Waals surface area contributed by atoms with Crippen molar-refractivity contribution in [2.24, 2.45) is 0 Å². The third-order valence-corrected chi connectivity index (χ3v) is 4.83. The lowest BCUT2D eigenvalue weighted by molar-refractivity contribution is -0.00396. The largest absolute Gasteiger partial charge is 0.445 e. The van der Waals surface area contributed by atoms with E-state index in [0.717, 1.165) is 28.4 Å². The molecule has 4 nitrogen and oxygen atoms in total. The summed E-state index contributed by atoms with van der Waals surface area (Å²) in [5.74, 6) is 0. The van der Waals surface area contributed by atoms with Crippen LogP contribution in [0.3, 0.4) is 0 Å². The molecule has 25 heavy (non-hydrogen) atoms. The number of nitrogens with zero attached hydrogens (tertiary/aromatic N) is 1. The highest BCUT2D eigenvalue weighted by atomic mass is 79.9. The molecule has 0 aromatic heterocycles. The second-order valence-electron chi connectivity index (χ2n) is 6.16. The fourth-order valence-corrected chi connectivity index (χ4v) is 3.07. The van der Waals surface area contributed by atoms with Crippen LogP contribution in [0.1, 0.15) is 24.0 Å². The number of hydrogen-bond acceptors (Lipinski definition) is 3. The lowest BCUT2D eigenvalue weighted by atomic mass is 10.1. The molecule has 2 aromatic rings. The first kappa shape index (κ1) is 18.0. The summed E-state index contributed by atoms with van der Waals surface area (Å²) in [5, 5.41) is 0. The van der Waals surface area contributed by atoms with Gasteiger partial charge in [0.1, 0.15) is 6.61 Å². The molecular weight excluding hydrogens is 382 g/mol. The predicted molar refractivity (Wildman–Crippen MR) is 100 cm³/mol. The van der Waals surface area contributed by atoms with Crippen molar-refractivity contribution in [2.45, 2.75) is 32.2 Å². The first-order valence-corrected chi connectivity index (χ1v) is 9.31. The number of benzene rings is 2. The van der Waals surface area contributed by atoms with Crippen LogP contribution in [0.5, 0.6) is 0 Å². The van der Waals surface area contributed by atoms with E-state index in [1.807, 2.05) is 42.5 Å². The molecule has 1 aliphatic heterocycles. The first-order chi connectivity index (χ1) is 12.2. The third kappa shape index (κ3) is 5.58. The second kappa shape index (κ2) is 9.02. The Balaban J connectivity index is 1.37. The van der Waals surface area contributed by atoms with Crippen LogP contribution in [0.15, 0.2) is 59.1 Å². The molecule has 2 aromatic carbocycles. The lowest BCUT2D eigenvalue weighted by Gasteiger charge is -2.31. The Hall–Kier alpha value is -1.85. The number of halogens is 1. The molecular formula is C20H22BrNO3. The topological polar surface area (TPSA) is 38.8 Å². The maximum atomic E-state index is 12.1. The van der Waals surface area contributed by atoms with E-state index in [1.165, 1.54) is 0 Å². The van der Waals surface area contributed by atoms with Gasteiger partial charge in [0.05, 0.1) is 12.7 Å². The van der Waals surface area contributed by atoms with Gasteiger partial charge < -0.3 is 14.4 Å². The molecule has 0 N–H and O–H groups in total. The van der Waals surface area contributed by atoms with Gasteiger partial charge in [0.2, 0.25) is 0 Å². The van der Waals surface area contributed by atoms with Gasteiger partial charge in [0.15, 0.2) is 0 Å². The average molecular weight is 404 g/mol. The summed E-state index contributed by atoms with van der Waals surface area (Å²) < 4.78 is 12.4. The molecule has 0 radical (unpaired) electrons. The zero-order chi connectivity index (χ0) is 17.5. The maximum Gasteiger partial charge on any atom is 0.410 e. The Labute approximate surface area is 156 Å². The van der Waals surface area contributed by atoms with Crippen molar-refractivity contribution in [3.8, 4) is 0 Å². The third-order valence-electron chi connectivity index (χ3n) is 4.30. The normalized spacial score (nSPS) is 15.2. The average Bonchev–Trinajstić information content (AvgIpc) is 2.67. The zero-order valence-electron chi connectivity index (χ0n) is 14.1. The van der Waals surface area contributed by atoms with Crippen molar-refractivity contribution in [3.63, 3.8) is 0 Å². The molecule has 0 aliphatic carbocycles. The van der Waals surface area contributed by atoms with E-state index in [2.05, 4.69) is 28.1 Å². The van der Waals surface area contributed by atoms with Gasteiger partial charge in [-0.1, -0.05) is 58.4 Å². The number of carbonyl (C=O) groups excluding carboxylic acids is 1. The number of likely N-dealkylation sites (tertiary alicyclic amines) is 1. The van der Waals surface area contributed by atoms with E-state index in [-0.39, 0.29) is 12.2 Å². The summed E-state index contributed by atoms with van der Waals surface area (Å²) in [6, 6.07) is 17.9. The molecule has 0 spiro atoms. The highest BCUT2D eigenvalue weighted by Crippen LogP contribution is 2.18. The summed E-state index contributed by atoms with van der Waals surface area (Å²) in [5.41, 5.74) is 2.16. The number of rotatable bonds is 5. The van der Waals surface area contributed by atoms with Gasteiger partial charge >= 0.3 is 6.09 Å². The summed E-state index contributed by atoms with van der Waals surface area (Å²) in [4.78, 5) is 13.9. The molecule has 1 heterocycles. The number of carbonyl (C=O) groups is 1. The fraction of sp³-hybridized carbons (Fsp3) is 0.350. The highest BCUT2D eigenvalue weighted by Gasteiger charge is 2.24. The predicted octanol–water partition coefficient (Wildman–Crippen LogP) is 4.77. The first-order valence-electron chi connectivity index (χ1n) is 8.52. The van der Waals surface area contributed by atoms with Crippen LogP contribution >= 0.6 is 15.9 Å². The van der Waals surface area contributed by atoms with E-state index in [9.17, 15) is 4.79 Å². The molecule has 1 saturated heterocycles. The van der Waals surface area contributed by atoms with Gasteiger partial charge in [-0.2, -0.15) is 0 Å². The van der Waals surface area contributed by atoms with Crippen molar-refractivity contribution in [2.75, 3.05) is 13.1 Å². The van der Waals surface area contributed by atoms with E-state index in [0.29, 0.717) is 26.3 Å². The minimum atomic E-state index is -0.241. The minimum absolute atomic E-state index is 0.196. The van der Waals surface area contributed by atoms with Crippen molar-refractivity contribution in [1.29, 1.82) is 0 Å². The monoisotopic (exact) mass is 403 g/mol. The summed E-state index contributed by atoms with van der Waals surface area (Å²) >= 11 is 3.43. The van der Waals surface area contributed by atoms with Crippen molar-refractivity contribution >= 4 is 22.0 Å². The molecule has 1 fully saturated rings. The SMILES string of the molecule is O=C(OCc1ccccc1)N1CCC(OCc2ccc(Br)cc2)CC1. The van der Waals surface area contributed by atoms with E-state index in [1.54, 1.807) is 4.90 Å². The Bertz CT molecular complexity index is 667. The number of ether oxygens (including phenoxy) is 2. The standard InChI is InChI=1S/C20H22BrNO3/c21-18-8-6-17(7-9-18)14-24-19-10-12-22(13-11-19)20(23)25-15-16-4-2-1-3-5-16/h1-9,19H,10-15H2. The van der Waals surface area contributed by atoms with E-state index < -0.39 is 0 Å². The van der Waals surface area contributed by atoms with Gasteiger partial charge in [-0.3, -0.25) is 0 Å². The van der Waals surface area contributed by atoms with Crippen LogP contribution in [0.2, 0.25) is 0 Å². The van der Waals surface area contributed by atoms with E-state index in [4.69, 9.17) is 9.47 Å². The molecule has 5 heteroatoms. The molecule has 0 saturated carbocycles. The Morgan fingerprint density at radius 2 is 1.60 bits per heavy atom. The molecule has 3 rings (SSSR count). The van der Waals surface area contributed by atoms with Crippen LogP contribution < -0.4 is 0 Å². The number of amides is 1. The van der Waals surface area contributed by atoms with Gasteiger partial charge in [0, 0.05) is 17.6 Å². The van der Waals surface area contributed by atoms with Gasteiger partial charge in [0.25, 0.3) is 0 Å². The van der Waals surface area contributed by atoms with Crippen LogP contribution in [0.4, 0.5) is 4.79 Å². The zero-order valence-corrected chi connectivity index (χ0v) is 15.7. The number of hydrogen-bond donors (Lipinski definition) is 0. The maximum absolute atomic E-state index is 12.1. The lowest BCUT2D eigenvalue weighted by Crippen LogP contribution is -2.41. The Morgan fingerprint density at radius 1 is 0.960 bits per heavy atom. The molecule has 132 valence electrons. The fourth-order valence-electron chi connectivity index (χ4n) is 2.81. The second-order valence-corrected chi connectivity index (χ2v) is 7.08. The Morgan fingerprint density at radius 3 is 2.28 bits per heavy atom. The van der Waals surface area contributed by atoms with Crippen LogP contribution in [0.25, 0.3) is 0 Å². The van der Waals surface area contributed by atoms with Gasteiger partial charge in [-0.25, -0.2) is 4.79 Å². The summed E-state index contributed by atoms with van der Waals surface area (Å²) in [7, 11) is 0. The number of piperidine rings is 1. The van der Waals surface area contributed by atoms with Gasteiger partial charge in [-0.15, -0.1) is 0 Å². The van der Waals surface area contributed by atoms with Gasteiger partial charge in [-0.05, 0) is 36.1 Å². The molecule has 0 bridgehead atoms. The van der Waals surface area contributed by atoms with Crippen molar-refractivity contribution in [3.05, 3.63) is 70.2 Å². The van der Waals surface area contributed by atoms with Crippen LogP contribution in [0, 0.1) is 0 Å². The molecule has 1 aliphatic rings. The minimum Gasteiger partial charge on any atom is -0.445 e. The highest BCUT2D eigenvalue weighted by molar-refractivity contribution is 9.10. The van der Waals surface area contributed by atoms with Crippen molar-refractivity contribution in [1.82, 2.24) is 4.90 Å². The quantitative estimate of drug-likeness (QED) is 0.721. The van der Waals surface area contributed by atoms with Crippen LogP contribution in [-0.2, 0) is 22.7 Å². The molecule has 0 unspecified atom stereocenters. The smallest absolute Gasteiger partial charge is 0.410 e. The molecule has 0 atom stereocenters. The summed E-state index contributed by atoms with van der Waals surface area (Å²) in [6.07, 6.45) is 1.64. The van der Waals surface area contributed by atoms with E-state index >= 15 is 0 Å². The van der Waals surface area contributed by atoms with Crippen LogP contribution in [-0.4, -0.2) is 30.2 Å². The molecule has 1 amide bonds. The Kier molecular flexibility index (Phi) is 6.48.